The average molecular weight is 536 g/mol. The largest absolute Gasteiger partial charge is 0.494 e. The molecule has 4 N–H and O–H groups in total. The molecule has 4 aromatic rings. The van der Waals surface area contributed by atoms with Crippen molar-refractivity contribution in [3.63, 3.8) is 0 Å². The lowest BCUT2D eigenvalue weighted by molar-refractivity contribution is -0.384. The van der Waals surface area contributed by atoms with E-state index < -0.39 is 10.5 Å². The lowest BCUT2D eigenvalue weighted by atomic mass is 9.95. The molecule has 0 aliphatic carbocycles. The minimum Gasteiger partial charge on any atom is -0.494 e. The number of benzene rings is 2. The Balaban J connectivity index is 1.65. The van der Waals surface area contributed by atoms with E-state index in [0.717, 1.165) is 17.4 Å². The van der Waals surface area contributed by atoms with Crippen molar-refractivity contribution in [2.45, 2.75) is 19.4 Å². The van der Waals surface area contributed by atoms with Gasteiger partial charge in [0, 0.05) is 60.6 Å². The first-order chi connectivity index (χ1) is 18.5. The minimum absolute atomic E-state index is 0.0819. The van der Waals surface area contributed by atoms with Crippen molar-refractivity contribution in [2.24, 2.45) is 0 Å². The van der Waals surface area contributed by atoms with Gasteiger partial charge in [0.05, 0.1) is 23.3 Å². The topological polar surface area (TPSA) is 158 Å². The number of anilines is 5. The quantitative estimate of drug-likeness (QED) is 0.163. The Morgan fingerprint density at radius 2 is 1.77 bits per heavy atom. The van der Waals surface area contributed by atoms with Crippen LogP contribution in [0.5, 0.6) is 5.75 Å². The first kappa shape index (κ1) is 27.5. The summed E-state index contributed by atoms with van der Waals surface area (Å²) in [6.07, 6.45) is 3.14. The number of methoxy groups -OCH3 is 1. The zero-order chi connectivity index (χ0) is 28.3. The number of aromatic nitrogens is 4. The van der Waals surface area contributed by atoms with E-state index in [0.29, 0.717) is 34.9 Å². The van der Waals surface area contributed by atoms with Crippen LogP contribution < -0.4 is 20.3 Å². The van der Waals surface area contributed by atoms with E-state index in [1.54, 1.807) is 27.0 Å². The molecule has 13 heteroatoms. The molecule has 0 amide bonds. The summed E-state index contributed by atoms with van der Waals surface area (Å²) >= 11 is 0. The van der Waals surface area contributed by atoms with Gasteiger partial charge in [-0.25, -0.2) is 9.97 Å². The molecule has 0 aliphatic rings. The number of ether oxygens (including phenoxy) is 1. The van der Waals surface area contributed by atoms with Crippen LogP contribution in [0, 0.1) is 10.1 Å². The smallest absolute Gasteiger partial charge is 0.294 e. The number of aromatic amines is 1. The summed E-state index contributed by atoms with van der Waals surface area (Å²) in [4.78, 5) is 31.3. The maximum Gasteiger partial charge on any atom is 0.294 e. The third-order valence-corrected chi connectivity index (χ3v) is 6.20. The van der Waals surface area contributed by atoms with Crippen LogP contribution in [0.4, 0.5) is 34.6 Å². The molecular weight excluding hydrogens is 502 g/mol. The zero-order valence-electron chi connectivity index (χ0n) is 22.8. The summed E-state index contributed by atoms with van der Waals surface area (Å²) in [5, 5.41) is 29.8. The van der Waals surface area contributed by atoms with Crippen LogP contribution in [0.2, 0.25) is 0 Å². The molecule has 0 aliphatic heterocycles. The van der Waals surface area contributed by atoms with Crippen LogP contribution in [0.1, 0.15) is 19.4 Å². The number of nitrogens with zero attached hydrogens (tertiary/aromatic N) is 6. The van der Waals surface area contributed by atoms with Gasteiger partial charge in [0.1, 0.15) is 17.8 Å². The molecule has 2 heterocycles. The number of fused-ring (bicyclic) bond motifs is 1. The summed E-state index contributed by atoms with van der Waals surface area (Å²) in [5.41, 5.74) is 1.72. The lowest BCUT2D eigenvalue weighted by Crippen LogP contribution is -2.29. The number of likely N-dealkylation sites (N-methyl/N-ethyl adjacent to an activating group) is 2. The fraction of sp³-hybridized carbons (Fsp3) is 0.346. The van der Waals surface area contributed by atoms with E-state index in [1.165, 1.54) is 19.5 Å². The van der Waals surface area contributed by atoms with Gasteiger partial charge in [0.15, 0.2) is 0 Å². The van der Waals surface area contributed by atoms with Crippen molar-refractivity contribution in [1.29, 1.82) is 0 Å². The summed E-state index contributed by atoms with van der Waals surface area (Å²) in [7, 11) is 7.18. The van der Waals surface area contributed by atoms with Crippen LogP contribution in [0.3, 0.4) is 0 Å². The fourth-order valence-electron chi connectivity index (χ4n) is 4.11. The molecule has 0 atom stereocenters. The fourth-order valence-corrected chi connectivity index (χ4v) is 4.11. The average Bonchev–Trinajstić information content (AvgIpc) is 3.33. The summed E-state index contributed by atoms with van der Waals surface area (Å²) < 4.78 is 5.54. The van der Waals surface area contributed by atoms with Crippen molar-refractivity contribution in [3.8, 4) is 5.75 Å². The molecule has 0 fully saturated rings. The van der Waals surface area contributed by atoms with Gasteiger partial charge in [0.2, 0.25) is 11.9 Å². The molecule has 0 spiro atoms. The first-order valence-corrected chi connectivity index (χ1v) is 12.3. The van der Waals surface area contributed by atoms with E-state index in [4.69, 9.17) is 4.74 Å². The molecule has 0 unspecified atom stereocenters. The Hall–Kier alpha value is -4.49. The number of H-pyrrole nitrogens is 1. The normalized spacial score (nSPS) is 11.6. The second kappa shape index (κ2) is 11.1. The maximum absolute atomic E-state index is 11.9. The zero-order valence-corrected chi connectivity index (χ0v) is 22.8. The summed E-state index contributed by atoms with van der Waals surface area (Å²) in [6, 6.07) is 8.73. The Morgan fingerprint density at radius 3 is 2.38 bits per heavy atom. The molecule has 0 radical (unpaired) electrons. The highest BCUT2D eigenvalue weighted by Crippen LogP contribution is 2.39. The van der Waals surface area contributed by atoms with Crippen molar-refractivity contribution >= 4 is 45.5 Å². The number of nitro groups is 1. The summed E-state index contributed by atoms with van der Waals surface area (Å²) in [6.45, 7) is 4.71. The highest BCUT2D eigenvalue weighted by atomic mass is 16.6. The molecule has 2 aromatic carbocycles. The second-order valence-corrected chi connectivity index (χ2v) is 9.93. The molecule has 0 saturated heterocycles. The molecular formula is C26H33N9O4. The van der Waals surface area contributed by atoms with Crippen LogP contribution in [0.25, 0.3) is 10.9 Å². The van der Waals surface area contributed by atoms with Gasteiger partial charge in [-0.3, -0.25) is 10.1 Å². The van der Waals surface area contributed by atoms with E-state index in [2.05, 4.69) is 30.6 Å². The number of nitro benzene ring substituents is 1. The Bertz CT molecular complexity index is 1480. The van der Waals surface area contributed by atoms with Gasteiger partial charge in [-0.1, -0.05) is 0 Å². The number of nitrogens with one attached hydrogen (secondary N) is 3. The number of hydrogen-bond acceptors (Lipinski definition) is 11. The van der Waals surface area contributed by atoms with Gasteiger partial charge in [0.25, 0.3) is 5.69 Å². The van der Waals surface area contributed by atoms with Crippen molar-refractivity contribution in [3.05, 3.63) is 58.5 Å². The number of aliphatic hydroxyl groups is 1. The SMILES string of the molecule is COc1cc(N(C)CCN(C)C)c([N+](=O)[O-])cc1Nc1ncnc(Nc2cc3cc[nH]c3cc2C(C)(C)O)n1. The lowest BCUT2D eigenvalue weighted by Gasteiger charge is -2.23. The molecule has 206 valence electrons. The van der Waals surface area contributed by atoms with Crippen molar-refractivity contribution in [1.82, 2.24) is 24.8 Å². The molecule has 0 saturated carbocycles. The predicted octanol–water partition coefficient (Wildman–Crippen LogP) is 3.98. The third-order valence-electron chi connectivity index (χ3n) is 6.20. The van der Waals surface area contributed by atoms with Crippen LogP contribution in [-0.4, -0.2) is 76.2 Å². The van der Waals surface area contributed by atoms with Gasteiger partial charge in [-0.15, -0.1) is 0 Å². The molecule has 4 rings (SSSR count). The molecule has 2 aromatic heterocycles. The van der Waals surface area contributed by atoms with Gasteiger partial charge in [-0.2, -0.15) is 4.98 Å². The van der Waals surface area contributed by atoms with Crippen molar-refractivity contribution in [2.75, 3.05) is 56.9 Å². The van der Waals surface area contributed by atoms with Gasteiger partial charge >= 0.3 is 0 Å². The first-order valence-electron chi connectivity index (χ1n) is 12.3. The molecule has 0 bridgehead atoms. The Kier molecular flexibility index (Phi) is 7.83. The standard InChI is InChI=1S/C26H33N9O4/c1-26(2,36)17-12-18-16(7-8-27-18)11-19(17)30-24-28-15-29-25(32-24)31-20-13-22(35(37)38)21(14-23(20)39-6)34(5)10-9-33(3)4/h7-8,11-15,27,36H,9-10H2,1-6H3,(H2,28,29,30,31,32). The second-order valence-electron chi connectivity index (χ2n) is 9.93. The Labute approximate surface area is 226 Å². The van der Waals surface area contributed by atoms with E-state index >= 15 is 0 Å². The summed E-state index contributed by atoms with van der Waals surface area (Å²) in [5.74, 6) is 0.771. The van der Waals surface area contributed by atoms with Crippen LogP contribution in [-0.2, 0) is 5.60 Å². The van der Waals surface area contributed by atoms with E-state index in [-0.39, 0.29) is 17.6 Å². The van der Waals surface area contributed by atoms with E-state index in [9.17, 15) is 15.2 Å². The minimum atomic E-state index is -1.14. The maximum atomic E-state index is 11.9. The van der Waals surface area contributed by atoms with E-state index in [1.807, 2.05) is 48.3 Å². The predicted molar refractivity (Wildman–Crippen MR) is 151 cm³/mol. The highest BCUT2D eigenvalue weighted by Gasteiger charge is 2.24. The number of rotatable bonds is 11. The highest BCUT2D eigenvalue weighted by molar-refractivity contribution is 5.86. The monoisotopic (exact) mass is 535 g/mol. The Morgan fingerprint density at radius 1 is 1.08 bits per heavy atom. The van der Waals surface area contributed by atoms with Gasteiger partial charge in [-0.05, 0) is 46.1 Å². The molecule has 13 nitrogen and oxygen atoms in total. The van der Waals surface area contributed by atoms with Crippen LogP contribution in [0.15, 0.2) is 42.9 Å². The van der Waals surface area contributed by atoms with Gasteiger partial charge < -0.3 is 35.3 Å². The van der Waals surface area contributed by atoms with Crippen LogP contribution >= 0.6 is 0 Å². The number of hydrogen-bond donors (Lipinski definition) is 4. The third kappa shape index (κ3) is 6.33. The molecule has 39 heavy (non-hydrogen) atoms. The van der Waals surface area contributed by atoms with Crippen molar-refractivity contribution < 1.29 is 14.8 Å².